The quantitative estimate of drug-likeness (QED) is 0.690. The molecule has 1 aromatic carbocycles. The number of hydrogen-bond donors (Lipinski definition) is 0. The first-order chi connectivity index (χ1) is 12.8. The minimum atomic E-state index is -3.33. The molecule has 0 amide bonds. The van der Waals surface area contributed by atoms with Crippen LogP contribution in [0.2, 0.25) is 0 Å². The van der Waals surface area contributed by atoms with Gasteiger partial charge in [0.25, 0.3) is 0 Å². The van der Waals surface area contributed by atoms with E-state index in [1.165, 1.54) is 25.5 Å². The Morgan fingerprint density at radius 3 is 2.63 bits per heavy atom. The lowest BCUT2D eigenvalue weighted by Gasteiger charge is -2.22. The number of nitrogens with zero attached hydrogens (tertiary/aromatic N) is 3. The average molecular weight is 393 g/mol. The normalized spacial score (nSPS) is 20.1. The molecule has 0 radical (unpaired) electrons. The van der Waals surface area contributed by atoms with Gasteiger partial charge in [-0.2, -0.15) is 0 Å². The van der Waals surface area contributed by atoms with E-state index in [1.54, 1.807) is 30.5 Å². The molecule has 0 spiro atoms. The van der Waals surface area contributed by atoms with Crippen molar-refractivity contribution in [2.75, 3.05) is 40.2 Å². The Morgan fingerprint density at radius 2 is 2.00 bits per heavy atom. The number of imidazole rings is 1. The van der Waals surface area contributed by atoms with Crippen LogP contribution in [0, 0.1) is 5.92 Å². The van der Waals surface area contributed by atoms with Crippen molar-refractivity contribution < 1.29 is 22.7 Å². The van der Waals surface area contributed by atoms with Crippen LogP contribution in [-0.2, 0) is 19.5 Å². The molecular weight excluding hydrogens is 370 g/mol. The lowest BCUT2D eigenvalue weighted by molar-refractivity contribution is 0.0600. The number of hydrogen-bond acceptors (Lipinski definition) is 6. The molecule has 2 aromatic rings. The smallest absolute Gasteiger partial charge is 0.337 e. The summed E-state index contributed by atoms with van der Waals surface area (Å²) in [5, 5.41) is 0. The largest absolute Gasteiger partial charge is 0.465 e. The first-order valence-electron chi connectivity index (χ1n) is 8.53. The van der Waals surface area contributed by atoms with Gasteiger partial charge in [0.1, 0.15) is 5.82 Å². The van der Waals surface area contributed by atoms with Crippen molar-refractivity contribution in [3.8, 4) is 11.4 Å². The lowest BCUT2D eigenvalue weighted by Crippen LogP contribution is -2.32. The van der Waals surface area contributed by atoms with Crippen LogP contribution >= 0.6 is 0 Å². The molecule has 0 unspecified atom stereocenters. The highest BCUT2D eigenvalue weighted by Gasteiger charge is 2.35. The SMILES string of the molecule is COC(=O)c1ccc(-c2nccn2[C@@H]2COC[C@H]2CS(=O)(=O)N(C)C)cc1. The van der Waals surface area contributed by atoms with Gasteiger partial charge in [-0.05, 0) is 12.1 Å². The van der Waals surface area contributed by atoms with E-state index in [-0.39, 0.29) is 17.7 Å². The molecule has 9 heteroatoms. The topological polar surface area (TPSA) is 90.7 Å². The van der Waals surface area contributed by atoms with Crippen LogP contribution < -0.4 is 0 Å². The third-order valence-corrected chi connectivity index (χ3v) is 6.70. The number of sulfonamides is 1. The Morgan fingerprint density at radius 1 is 1.30 bits per heavy atom. The van der Waals surface area contributed by atoms with Gasteiger partial charge in [0.15, 0.2) is 0 Å². The van der Waals surface area contributed by atoms with Gasteiger partial charge in [-0.1, -0.05) is 12.1 Å². The molecule has 1 aliphatic heterocycles. The minimum absolute atomic E-state index is 0.0174. The van der Waals surface area contributed by atoms with E-state index in [1.807, 2.05) is 10.8 Å². The Bertz CT molecular complexity index is 905. The van der Waals surface area contributed by atoms with E-state index >= 15 is 0 Å². The third kappa shape index (κ3) is 4.05. The first-order valence-corrected chi connectivity index (χ1v) is 10.1. The fourth-order valence-corrected chi connectivity index (χ4v) is 4.31. The van der Waals surface area contributed by atoms with Gasteiger partial charge in [-0.3, -0.25) is 0 Å². The van der Waals surface area contributed by atoms with E-state index in [0.717, 1.165) is 5.56 Å². The van der Waals surface area contributed by atoms with Crippen LogP contribution in [0.3, 0.4) is 0 Å². The molecule has 0 aliphatic carbocycles. The van der Waals surface area contributed by atoms with E-state index in [9.17, 15) is 13.2 Å². The van der Waals surface area contributed by atoms with Gasteiger partial charge in [-0.15, -0.1) is 0 Å². The predicted molar refractivity (Wildman–Crippen MR) is 99.8 cm³/mol. The number of carbonyl (C=O) groups is 1. The summed E-state index contributed by atoms with van der Waals surface area (Å²) in [5.41, 5.74) is 1.28. The number of aromatic nitrogens is 2. The van der Waals surface area contributed by atoms with Crippen LogP contribution in [0.1, 0.15) is 16.4 Å². The molecule has 2 atom stereocenters. The molecule has 0 saturated carbocycles. The Balaban J connectivity index is 1.87. The summed E-state index contributed by atoms with van der Waals surface area (Å²) in [6, 6.07) is 6.83. The second-order valence-corrected chi connectivity index (χ2v) is 8.88. The third-order valence-electron chi connectivity index (χ3n) is 4.74. The van der Waals surface area contributed by atoms with Gasteiger partial charge in [0.2, 0.25) is 10.0 Å². The highest BCUT2D eigenvalue weighted by Crippen LogP contribution is 2.31. The summed E-state index contributed by atoms with van der Waals surface area (Å²) in [4.78, 5) is 16.0. The number of esters is 1. The van der Waals surface area contributed by atoms with Crippen molar-refractivity contribution in [1.29, 1.82) is 0 Å². The molecule has 2 heterocycles. The summed E-state index contributed by atoms with van der Waals surface area (Å²) >= 11 is 0. The maximum Gasteiger partial charge on any atom is 0.337 e. The summed E-state index contributed by atoms with van der Waals surface area (Å²) < 4.78 is 38.1. The van der Waals surface area contributed by atoms with E-state index in [0.29, 0.717) is 24.6 Å². The number of benzene rings is 1. The van der Waals surface area contributed by atoms with E-state index in [4.69, 9.17) is 9.47 Å². The standard InChI is InChI=1S/C18H23N3O5S/c1-20(2)27(23,24)12-15-10-26-11-16(15)21-9-8-19-17(21)13-4-6-14(7-5-13)18(22)25-3/h4-9,15-16H,10-12H2,1-3H3/t15-,16+/m0/s1. The van der Waals surface area contributed by atoms with Crippen molar-refractivity contribution in [3.05, 3.63) is 42.2 Å². The predicted octanol–water partition coefficient (Wildman–Crippen LogP) is 1.42. The molecule has 0 N–H and O–H groups in total. The lowest BCUT2D eigenvalue weighted by atomic mass is 10.1. The maximum atomic E-state index is 12.3. The Labute approximate surface area is 158 Å². The highest BCUT2D eigenvalue weighted by molar-refractivity contribution is 7.89. The van der Waals surface area contributed by atoms with Crippen molar-refractivity contribution >= 4 is 16.0 Å². The number of ether oxygens (including phenoxy) is 2. The van der Waals surface area contributed by atoms with Gasteiger partial charge in [0, 0.05) is 38.0 Å². The molecule has 1 aliphatic rings. The summed E-state index contributed by atoms with van der Waals surface area (Å²) in [6.07, 6.45) is 3.51. The number of rotatable bonds is 6. The van der Waals surface area contributed by atoms with Crippen LogP contribution in [0.25, 0.3) is 11.4 Å². The fourth-order valence-electron chi connectivity index (χ4n) is 3.15. The van der Waals surface area contributed by atoms with Gasteiger partial charge < -0.3 is 14.0 Å². The Hall–Kier alpha value is -2.23. The first kappa shape index (κ1) is 19.5. The van der Waals surface area contributed by atoms with Crippen LogP contribution in [0.5, 0.6) is 0 Å². The molecule has 1 aromatic heterocycles. The van der Waals surface area contributed by atoms with Crippen LogP contribution in [0.15, 0.2) is 36.7 Å². The van der Waals surface area contributed by atoms with Gasteiger partial charge >= 0.3 is 5.97 Å². The zero-order valence-corrected chi connectivity index (χ0v) is 16.3. The molecule has 8 nitrogen and oxygen atoms in total. The molecule has 1 fully saturated rings. The van der Waals surface area contributed by atoms with Crippen LogP contribution in [0.4, 0.5) is 0 Å². The molecule has 1 saturated heterocycles. The van der Waals surface area contributed by atoms with Gasteiger partial charge in [-0.25, -0.2) is 22.5 Å². The molecule has 3 rings (SSSR count). The zero-order chi connectivity index (χ0) is 19.6. The number of carbonyl (C=O) groups excluding carboxylic acids is 1. The summed E-state index contributed by atoms with van der Waals surface area (Å²) in [5.74, 6) is 0.153. The second-order valence-electron chi connectivity index (χ2n) is 6.65. The second kappa shape index (κ2) is 7.79. The minimum Gasteiger partial charge on any atom is -0.465 e. The van der Waals surface area contributed by atoms with Crippen molar-refractivity contribution in [2.45, 2.75) is 6.04 Å². The highest BCUT2D eigenvalue weighted by atomic mass is 32.2. The van der Waals surface area contributed by atoms with E-state index < -0.39 is 16.0 Å². The van der Waals surface area contributed by atoms with Gasteiger partial charge in [0.05, 0.1) is 37.7 Å². The van der Waals surface area contributed by atoms with Crippen molar-refractivity contribution in [2.24, 2.45) is 5.92 Å². The molecular formula is C18H23N3O5S. The monoisotopic (exact) mass is 393 g/mol. The summed E-state index contributed by atoms with van der Waals surface area (Å²) in [7, 11) is 1.07. The molecule has 27 heavy (non-hydrogen) atoms. The van der Waals surface area contributed by atoms with E-state index in [2.05, 4.69) is 4.98 Å². The molecule has 0 bridgehead atoms. The maximum absolute atomic E-state index is 12.3. The zero-order valence-electron chi connectivity index (χ0n) is 15.5. The number of methoxy groups -OCH3 is 1. The Kier molecular flexibility index (Phi) is 5.64. The van der Waals surface area contributed by atoms with Crippen molar-refractivity contribution in [3.63, 3.8) is 0 Å². The average Bonchev–Trinajstić information content (AvgIpc) is 3.29. The fraction of sp³-hybridized carbons (Fsp3) is 0.444. The molecule has 146 valence electrons. The van der Waals surface area contributed by atoms with Crippen LogP contribution in [-0.4, -0.2) is 68.4 Å². The summed E-state index contributed by atoms with van der Waals surface area (Å²) in [6.45, 7) is 0.813. The van der Waals surface area contributed by atoms with Crippen molar-refractivity contribution in [1.82, 2.24) is 13.9 Å².